The molecule has 0 unspecified atom stereocenters. The van der Waals surface area contributed by atoms with Gasteiger partial charge in [-0.25, -0.2) is 13.6 Å². The molecule has 1 aliphatic heterocycles. The van der Waals surface area contributed by atoms with Crippen molar-refractivity contribution in [2.75, 3.05) is 13.6 Å². The van der Waals surface area contributed by atoms with Gasteiger partial charge in [0, 0.05) is 19.2 Å². The molecular weight excluding hydrogens is 376 g/mol. The van der Waals surface area contributed by atoms with E-state index >= 15 is 0 Å². The van der Waals surface area contributed by atoms with Crippen LogP contribution in [0.2, 0.25) is 0 Å². The summed E-state index contributed by atoms with van der Waals surface area (Å²) in [7, 11) is 1.56. The molecule has 1 fully saturated rings. The molecule has 0 saturated carbocycles. The molecule has 1 atom stereocenters. The normalized spacial score (nSPS) is 19.3. The highest BCUT2D eigenvalue weighted by atomic mass is 32.1. The van der Waals surface area contributed by atoms with Gasteiger partial charge in [0.2, 0.25) is 5.91 Å². The molecule has 1 N–H and O–H groups in total. The fourth-order valence-electron chi connectivity index (χ4n) is 2.90. The summed E-state index contributed by atoms with van der Waals surface area (Å²) >= 11 is 1.49. The molecule has 4 amide bonds. The number of halogens is 2. The second-order valence-electron chi connectivity index (χ2n) is 6.45. The van der Waals surface area contributed by atoms with E-state index in [0.29, 0.717) is 6.54 Å². The van der Waals surface area contributed by atoms with Gasteiger partial charge in [-0.3, -0.25) is 14.5 Å². The van der Waals surface area contributed by atoms with Crippen LogP contribution in [0.4, 0.5) is 13.6 Å². The van der Waals surface area contributed by atoms with E-state index in [0.717, 1.165) is 28.7 Å². The lowest BCUT2D eigenvalue weighted by Gasteiger charge is -2.23. The minimum atomic E-state index is -1.78. The highest BCUT2D eigenvalue weighted by molar-refractivity contribution is 7.07. The number of urea groups is 1. The van der Waals surface area contributed by atoms with Crippen molar-refractivity contribution in [2.24, 2.45) is 0 Å². The molecule has 27 heavy (non-hydrogen) atoms. The van der Waals surface area contributed by atoms with Gasteiger partial charge >= 0.3 is 6.03 Å². The number of amides is 4. The Bertz CT molecular complexity index is 903. The van der Waals surface area contributed by atoms with Gasteiger partial charge in [0.15, 0.2) is 0 Å². The van der Waals surface area contributed by atoms with Gasteiger partial charge < -0.3 is 10.2 Å². The first kappa shape index (κ1) is 19.0. The number of rotatable bonds is 5. The Morgan fingerprint density at radius 2 is 2.04 bits per heavy atom. The molecule has 0 radical (unpaired) electrons. The fraction of sp³-hybridized carbons (Fsp3) is 0.278. The number of imide groups is 1. The highest BCUT2D eigenvalue weighted by Crippen LogP contribution is 2.31. The SMILES string of the molecule is CN(Cc1ccsc1)C(=O)CN1C(=O)N[C@@](C)(c2cc(F)ccc2F)C1=O. The number of carbonyl (C=O) groups is 3. The molecule has 3 rings (SSSR count). The van der Waals surface area contributed by atoms with Gasteiger partial charge in [0.25, 0.3) is 5.91 Å². The van der Waals surface area contributed by atoms with E-state index in [1.165, 1.54) is 23.2 Å². The number of likely N-dealkylation sites (N-methyl/N-ethyl adjacent to an activating group) is 1. The van der Waals surface area contributed by atoms with E-state index < -0.39 is 41.6 Å². The molecule has 0 spiro atoms. The zero-order valence-electron chi connectivity index (χ0n) is 14.7. The molecule has 1 aromatic heterocycles. The molecule has 1 aliphatic rings. The number of carbonyl (C=O) groups excluding carboxylic acids is 3. The second-order valence-corrected chi connectivity index (χ2v) is 7.23. The van der Waals surface area contributed by atoms with Crippen molar-refractivity contribution < 1.29 is 23.2 Å². The molecular formula is C18H17F2N3O3S. The Kier molecular flexibility index (Phi) is 4.97. The third-order valence-electron chi connectivity index (χ3n) is 4.46. The lowest BCUT2D eigenvalue weighted by molar-refractivity contribution is -0.138. The lowest BCUT2D eigenvalue weighted by atomic mass is 9.91. The predicted molar refractivity (Wildman–Crippen MR) is 94.7 cm³/mol. The second kappa shape index (κ2) is 7.07. The van der Waals surface area contributed by atoms with Crippen LogP contribution in [0.25, 0.3) is 0 Å². The number of thiophene rings is 1. The molecule has 2 heterocycles. The summed E-state index contributed by atoms with van der Waals surface area (Å²) in [6, 6.07) is 3.71. The van der Waals surface area contributed by atoms with E-state index in [2.05, 4.69) is 5.32 Å². The number of hydrogen-bond donors (Lipinski definition) is 1. The Morgan fingerprint density at radius 1 is 1.30 bits per heavy atom. The van der Waals surface area contributed by atoms with Crippen molar-refractivity contribution >= 4 is 29.2 Å². The van der Waals surface area contributed by atoms with Crippen LogP contribution in [0.1, 0.15) is 18.1 Å². The third-order valence-corrected chi connectivity index (χ3v) is 5.19. The van der Waals surface area contributed by atoms with E-state index in [4.69, 9.17) is 0 Å². The smallest absolute Gasteiger partial charge is 0.325 e. The maximum absolute atomic E-state index is 14.1. The average Bonchev–Trinajstić information content (AvgIpc) is 3.20. The van der Waals surface area contributed by atoms with Crippen LogP contribution >= 0.6 is 11.3 Å². The van der Waals surface area contributed by atoms with Crippen molar-refractivity contribution in [3.05, 3.63) is 57.8 Å². The standard InChI is InChI=1S/C18H17F2N3O3S/c1-18(13-7-12(19)3-4-14(13)20)16(25)23(17(26)21-18)9-15(24)22(2)8-11-5-6-27-10-11/h3-7,10H,8-9H2,1-2H3,(H,21,26)/t18-/m0/s1. The molecule has 1 aromatic carbocycles. The number of nitrogens with zero attached hydrogens (tertiary/aromatic N) is 2. The number of nitrogens with one attached hydrogen (secondary N) is 1. The van der Waals surface area contributed by atoms with Crippen molar-refractivity contribution in [1.82, 2.24) is 15.1 Å². The molecule has 2 aromatic rings. The molecule has 0 aliphatic carbocycles. The van der Waals surface area contributed by atoms with Crippen LogP contribution in [0, 0.1) is 11.6 Å². The Morgan fingerprint density at radius 3 is 2.70 bits per heavy atom. The van der Waals surface area contributed by atoms with Crippen LogP contribution in [0.3, 0.4) is 0 Å². The monoisotopic (exact) mass is 393 g/mol. The first-order valence-corrected chi connectivity index (χ1v) is 9.01. The van der Waals surface area contributed by atoms with E-state index in [1.54, 1.807) is 7.05 Å². The molecule has 142 valence electrons. The summed E-state index contributed by atoms with van der Waals surface area (Å²) in [5.41, 5.74) is -1.14. The molecule has 6 nitrogen and oxygen atoms in total. The van der Waals surface area contributed by atoms with Crippen LogP contribution < -0.4 is 5.32 Å². The topological polar surface area (TPSA) is 69.7 Å². The van der Waals surface area contributed by atoms with Crippen molar-refractivity contribution in [1.29, 1.82) is 0 Å². The van der Waals surface area contributed by atoms with E-state index in [9.17, 15) is 23.2 Å². The van der Waals surface area contributed by atoms with Crippen molar-refractivity contribution in [2.45, 2.75) is 19.0 Å². The minimum Gasteiger partial charge on any atom is -0.340 e. The third kappa shape index (κ3) is 3.55. The summed E-state index contributed by atoms with van der Waals surface area (Å²) in [5.74, 6) is -2.82. The zero-order chi connectivity index (χ0) is 19.8. The summed E-state index contributed by atoms with van der Waals surface area (Å²) in [4.78, 5) is 39.5. The molecule has 9 heteroatoms. The fourth-order valence-corrected chi connectivity index (χ4v) is 3.56. The van der Waals surface area contributed by atoms with Gasteiger partial charge in [-0.2, -0.15) is 11.3 Å². The summed E-state index contributed by atoms with van der Waals surface area (Å²) < 4.78 is 27.7. The average molecular weight is 393 g/mol. The summed E-state index contributed by atoms with van der Waals surface area (Å²) in [6.07, 6.45) is 0. The number of benzene rings is 1. The van der Waals surface area contributed by atoms with Gasteiger partial charge in [0.1, 0.15) is 23.7 Å². The Labute approximate surface area is 158 Å². The Hall–Kier alpha value is -2.81. The maximum Gasteiger partial charge on any atom is 0.325 e. The Balaban J connectivity index is 1.77. The van der Waals surface area contributed by atoms with Crippen LogP contribution in [0.15, 0.2) is 35.0 Å². The predicted octanol–water partition coefficient (Wildman–Crippen LogP) is 2.45. The summed E-state index contributed by atoms with van der Waals surface area (Å²) in [6.45, 7) is 1.13. The molecule has 1 saturated heterocycles. The van der Waals surface area contributed by atoms with Gasteiger partial charge in [-0.05, 0) is 47.5 Å². The van der Waals surface area contributed by atoms with Crippen molar-refractivity contribution in [3.63, 3.8) is 0 Å². The number of hydrogen-bond acceptors (Lipinski definition) is 4. The van der Waals surface area contributed by atoms with E-state index in [-0.39, 0.29) is 5.56 Å². The highest BCUT2D eigenvalue weighted by Gasteiger charge is 2.51. The first-order chi connectivity index (χ1) is 12.7. The van der Waals surface area contributed by atoms with E-state index in [1.807, 2.05) is 16.8 Å². The largest absolute Gasteiger partial charge is 0.340 e. The lowest BCUT2D eigenvalue weighted by Crippen LogP contribution is -2.44. The summed E-state index contributed by atoms with van der Waals surface area (Å²) in [5, 5.41) is 6.14. The van der Waals surface area contributed by atoms with Gasteiger partial charge in [-0.1, -0.05) is 0 Å². The van der Waals surface area contributed by atoms with Crippen LogP contribution in [-0.2, 0) is 21.7 Å². The molecule has 0 bridgehead atoms. The quantitative estimate of drug-likeness (QED) is 0.794. The zero-order valence-corrected chi connectivity index (χ0v) is 15.5. The van der Waals surface area contributed by atoms with Crippen LogP contribution in [0.5, 0.6) is 0 Å². The first-order valence-electron chi connectivity index (χ1n) is 8.07. The van der Waals surface area contributed by atoms with Crippen molar-refractivity contribution in [3.8, 4) is 0 Å². The van der Waals surface area contributed by atoms with Gasteiger partial charge in [0.05, 0.1) is 0 Å². The minimum absolute atomic E-state index is 0.289. The van der Waals surface area contributed by atoms with Gasteiger partial charge in [-0.15, -0.1) is 0 Å². The van der Waals surface area contributed by atoms with Crippen LogP contribution in [-0.4, -0.2) is 41.2 Å². The maximum atomic E-state index is 14.1.